The summed E-state index contributed by atoms with van der Waals surface area (Å²) in [5.41, 5.74) is 1.78. The van der Waals surface area contributed by atoms with Crippen molar-refractivity contribution in [1.29, 1.82) is 0 Å². The number of ether oxygens (including phenoxy) is 1. The lowest BCUT2D eigenvalue weighted by Crippen LogP contribution is -2.35. The van der Waals surface area contributed by atoms with Crippen LogP contribution in [0.15, 0.2) is 30.3 Å². The fourth-order valence-corrected chi connectivity index (χ4v) is 2.13. The predicted molar refractivity (Wildman–Crippen MR) is 85.6 cm³/mol. The van der Waals surface area contributed by atoms with Gasteiger partial charge in [0, 0.05) is 25.7 Å². The first-order valence-electron chi connectivity index (χ1n) is 7.22. The van der Waals surface area contributed by atoms with Crippen molar-refractivity contribution in [3.05, 3.63) is 47.3 Å². The Labute approximate surface area is 134 Å². The third-order valence-corrected chi connectivity index (χ3v) is 3.26. The van der Waals surface area contributed by atoms with Crippen LogP contribution in [0.2, 0.25) is 0 Å². The molecule has 2 amide bonds. The van der Waals surface area contributed by atoms with Crippen LogP contribution in [0.5, 0.6) is 5.75 Å². The highest BCUT2D eigenvalue weighted by atomic mass is 16.5. The molecule has 0 saturated carbocycles. The number of amides is 2. The monoisotopic (exact) mass is 316 g/mol. The van der Waals surface area contributed by atoms with Gasteiger partial charge in [-0.2, -0.15) is 5.10 Å². The Morgan fingerprint density at radius 2 is 1.87 bits per heavy atom. The van der Waals surface area contributed by atoms with E-state index in [0.29, 0.717) is 30.1 Å². The molecule has 0 aliphatic heterocycles. The lowest BCUT2D eigenvalue weighted by atomic mass is 10.2. The zero-order chi connectivity index (χ0) is 16.8. The molecular weight excluding hydrogens is 296 g/mol. The van der Waals surface area contributed by atoms with Crippen LogP contribution >= 0.6 is 0 Å². The molecule has 0 aliphatic rings. The van der Waals surface area contributed by atoms with Crippen LogP contribution in [-0.2, 0) is 7.05 Å². The number of nitrogens with zero attached hydrogens (tertiary/aromatic N) is 2. The maximum absolute atomic E-state index is 12.0. The summed E-state index contributed by atoms with van der Waals surface area (Å²) in [5.74, 6) is 0.191. The second-order valence-electron chi connectivity index (χ2n) is 5.04. The Balaban J connectivity index is 1.79. The van der Waals surface area contributed by atoms with E-state index in [-0.39, 0.29) is 11.8 Å². The molecule has 7 nitrogen and oxygen atoms in total. The van der Waals surface area contributed by atoms with Crippen molar-refractivity contribution in [2.24, 2.45) is 7.05 Å². The normalized spacial score (nSPS) is 10.2. The zero-order valence-electron chi connectivity index (χ0n) is 13.4. The van der Waals surface area contributed by atoms with E-state index < -0.39 is 0 Å². The summed E-state index contributed by atoms with van der Waals surface area (Å²) in [6.45, 7) is 2.49. The molecule has 0 bridgehead atoms. The van der Waals surface area contributed by atoms with Crippen molar-refractivity contribution >= 4 is 11.8 Å². The standard InChI is InChI=1S/C16H20N4O3/c1-11-9-14(20(2)19-11)16(22)18-8-7-17-15(21)12-5-4-6-13(10-12)23-3/h4-6,9-10H,7-8H2,1-3H3,(H,17,21)(H,18,22). The summed E-state index contributed by atoms with van der Waals surface area (Å²) in [6, 6.07) is 8.60. The van der Waals surface area contributed by atoms with Crippen LogP contribution in [0.25, 0.3) is 0 Å². The highest BCUT2D eigenvalue weighted by molar-refractivity contribution is 5.95. The number of methoxy groups -OCH3 is 1. The van der Waals surface area contributed by atoms with Gasteiger partial charge in [-0.15, -0.1) is 0 Å². The highest BCUT2D eigenvalue weighted by Gasteiger charge is 2.11. The first-order chi connectivity index (χ1) is 11.0. The lowest BCUT2D eigenvalue weighted by Gasteiger charge is -2.08. The van der Waals surface area contributed by atoms with Crippen molar-refractivity contribution in [2.75, 3.05) is 20.2 Å². The van der Waals surface area contributed by atoms with Crippen molar-refractivity contribution in [2.45, 2.75) is 6.92 Å². The van der Waals surface area contributed by atoms with E-state index >= 15 is 0 Å². The van der Waals surface area contributed by atoms with Gasteiger partial charge in [-0.1, -0.05) is 6.07 Å². The van der Waals surface area contributed by atoms with Crippen molar-refractivity contribution in [1.82, 2.24) is 20.4 Å². The summed E-state index contributed by atoms with van der Waals surface area (Å²) in [6.07, 6.45) is 0. The van der Waals surface area contributed by atoms with E-state index in [9.17, 15) is 9.59 Å². The minimum absolute atomic E-state index is 0.213. The minimum Gasteiger partial charge on any atom is -0.497 e. The van der Waals surface area contributed by atoms with Crippen LogP contribution in [0, 0.1) is 6.92 Å². The average molecular weight is 316 g/mol. The third-order valence-electron chi connectivity index (χ3n) is 3.26. The fourth-order valence-electron chi connectivity index (χ4n) is 2.13. The molecule has 122 valence electrons. The van der Waals surface area contributed by atoms with E-state index in [4.69, 9.17) is 4.74 Å². The Bertz CT molecular complexity index is 709. The number of carbonyl (C=O) groups excluding carboxylic acids is 2. The highest BCUT2D eigenvalue weighted by Crippen LogP contribution is 2.12. The Hall–Kier alpha value is -2.83. The summed E-state index contributed by atoms with van der Waals surface area (Å²) < 4.78 is 6.61. The van der Waals surface area contributed by atoms with Crippen molar-refractivity contribution < 1.29 is 14.3 Å². The summed E-state index contributed by atoms with van der Waals surface area (Å²) in [5, 5.41) is 9.61. The number of hydrogen-bond acceptors (Lipinski definition) is 4. The van der Waals surface area contributed by atoms with E-state index in [1.54, 1.807) is 44.5 Å². The lowest BCUT2D eigenvalue weighted by molar-refractivity contribution is 0.0922. The molecule has 0 spiro atoms. The fraction of sp³-hybridized carbons (Fsp3) is 0.312. The molecule has 1 heterocycles. The van der Waals surface area contributed by atoms with Crippen LogP contribution in [0.1, 0.15) is 26.5 Å². The molecular formula is C16H20N4O3. The maximum Gasteiger partial charge on any atom is 0.269 e. The number of benzene rings is 1. The Morgan fingerprint density at radius 1 is 1.17 bits per heavy atom. The average Bonchev–Trinajstić information content (AvgIpc) is 2.89. The number of carbonyl (C=O) groups is 2. The summed E-state index contributed by atoms with van der Waals surface area (Å²) in [4.78, 5) is 24.0. The minimum atomic E-state index is -0.219. The summed E-state index contributed by atoms with van der Waals surface area (Å²) in [7, 11) is 3.26. The molecule has 23 heavy (non-hydrogen) atoms. The molecule has 0 aliphatic carbocycles. The predicted octanol–water partition coefficient (Wildman–Crippen LogP) is 0.897. The van der Waals surface area contributed by atoms with Gasteiger partial charge < -0.3 is 15.4 Å². The van der Waals surface area contributed by atoms with Gasteiger partial charge in [0.2, 0.25) is 0 Å². The Kier molecular flexibility index (Phi) is 5.35. The van der Waals surface area contributed by atoms with Crippen LogP contribution in [0.4, 0.5) is 0 Å². The smallest absolute Gasteiger partial charge is 0.269 e. The molecule has 1 aromatic heterocycles. The van der Waals surface area contributed by atoms with Gasteiger partial charge in [0.1, 0.15) is 11.4 Å². The molecule has 1 aromatic carbocycles. The quantitative estimate of drug-likeness (QED) is 0.775. The van der Waals surface area contributed by atoms with E-state index in [2.05, 4.69) is 15.7 Å². The Morgan fingerprint density at radius 3 is 2.48 bits per heavy atom. The third kappa shape index (κ3) is 4.32. The molecule has 0 unspecified atom stereocenters. The number of aromatic nitrogens is 2. The molecule has 2 N–H and O–H groups in total. The number of hydrogen-bond donors (Lipinski definition) is 2. The van der Waals surface area contributed by atoms with Crippen molar-refractivity contribution in [3.63, 3.8) is 0 Å². The zero-order valence-corrected chi connectivity index (χ0v) is 13.4. The second kappa shape index (κ2) is 7.44. The maximum atomic E-state index is 12.0. The molecule has 2 rings (SSSR count). The topological polar surface area (TPSA) is 85.2 Å². The molecule has 2 aromatic rings. The van der Waals surface area contributed by atoms with E-state index in [1.165, 1.54) is 4.68 Å². The largest absolute Gasteiger partial charge is 0.497 e. The van der Waals surface area contributed by atoms with Crippen LogP contribution in [-0.4, -0.2) is 41.8 Å². The van der Waals surface area contributed by atoms with Crippen LogP contribution < -0.4 is 15.4 Å². The van der Waals surface area contributed by atoms with Gasteiger partial charge in [0.25, 0.3) is 11.8 Å². The molecule has 0 atom stereocenters. The first kappa shape index (κ1) is 16.5. The van der Waals surface area contributed by atoms with Gasteiger partial charge >= 0.3 is 0 Å². The number of aryl methyl sites for hydroxylation is 2. The molecule has 0 radical (unpaired) electrons. The SMILES string of the molecule is COc1cccc(C(=O)NCCNC(=O)c2cc(C)nn2C)c1. The molecule has 0 saturated heterocycles. The molecule has 0 fully saturated rings. The molecule has 7 heteroatoms. The second-order valence-corrected chi connectivity index (χ2v) is 5.04. The van der Waals surface area contributed by atoms with E-state index in [1.807, 2.05) is 6.92 Å². The van der Waals surface area contributed by atoms with Gasteiger partial charge in [-0.3, -0.25) is 14.3 Å². The van der Waals surface area contributed by atoms with Gasteiger partial charge in [-0.05, 0) is 31.2 Å². The van der Waals surface area contributed by atoms with Gasteiger partial charge in [0.05, 0.1) is 12.8 Å². The van der Waals surface area contributed by atoms with Crippen LogP contribution in [0.3, 0.4) is 0 Å². The van der Waals surface area contributed by atoms with Crippen molar-refractivity contribution in [3.8, 4) is 5.75 Å². The number of rotatable bonds is 6. The van der Waals surface area contributed by atoms with Gasteiger partial charge in [-0.25, -0.2) is 0 Å². The summed E-state index contributed by atoms with van der Waals surface area (Å²) >= 11 is 0. The first-order valence-corrected chi connectivity index (χ1v) is 7.22. The number of nitrogens with one attached hydrogen (secondary N) is 2. The van der Waals surface area contributed by atoms with E-state index in [0.717, 1.165) is 5.69 Å². The van der Waals surface area contributed by atoms with Gasteiger partial charge in [0.15, 0.2) is 0 Å².